The van der Waals surface area contributed by atoms with Gasteiger partial charge in [0.1, 0.15) is 5.52 Å². The van der Waals surface area contributed by atoms with Crippen molar-refractivity contribution in [3.8, 4) is 0 Å². The number of rotatable bonds is 1. The highest BCUT2D eigenvalue weighted by Crippen LogP contribution is 2.25. The fourth-order valence-corrected chi connectivity index (χ4v) is 1.99. The summed E-state index contributed by atoms with van der Waals surface area (Å²) in [6, 6.07) is 0. The van der Waals surface area contributed by atoms with Gasteiger partial charge in [-0.25, -0.2) is 9.97 Å². The SMILES string of the molecule is Clc1nc2nc(C3=CCCC3)ncc2[nH]1. The summed E-state index contributed by atoms with van der Waals surface area (Å²) >= 11 is 5.75. The van der Waals surface area contributed by atoms with Crippen molar-refractivity contribution in [2.45, 2.75) is 19.3 Å². The molecule has 0 saturated heterocycles. The molecular formula is C10H9ClN4. The van der Waals surface area contributed by atoms with Crippen LogP contribution in [0.3, 0.4) is 0 Å². The van der Waals surface area contributed by atoms with Crippen LogP contribution in [-0.4, -0.2) is 19.9 Å². The third-order valence-corrected chi connectivity index (χ3v) is 2.72. The number of nitrogens with one attached hydrogen (secondary N) is 1. The van der Waals surface area contributed by atoms with Gasteiger partial charge in [-0.15, -0.1) is 0 Å². The van der Waals surface area contributed by atoms with Gasteiger partial charge in [0.05, 0.1) is 6.20 Å². The Hall–Kier alpha value is -1.42. The number of nitrogens with zero attached hydrogens (tertiary/aromatic N) is 3. The van der Waals surface area contributed by atoms with E-state index in [0.717, 1.165) is 24.2 Å². The lowest BCUT2D eigenvalue weighted by Gasteiger charge is -1.98. The van der Waals surface area contributed by atoms with Gasteiger partial charge in [0.2, 0.25) is 5.28 Å². The lowest BCUT2D eigenvalue weighted by molar-refractivity contribution is 0.928. The number of imidazole rings is 1. The lowest BCUT2D eigenvalue weighted by atomic mass is 10.2. The highest BCUT2D eigenvalue weighted by molar-refractivity contribution is 6.28. The molecule has 76 valence electrons. The Kier molecular flexibility index (Phi) is 1.95. The van der Waals surface area contributed by atoms with E-state index in [1.165, 1.54) is 12.0 Å². The molecule has 3 rings (SSSR count). The molecule has 0 amide bonds. The van der Waals surface area contributed by atoms with Gasteiger partial charge in [-0.05, 0) is 36.4 Å². The summed E-state index contributed by atoms with van der Waals surface area (Å²) in [5.41, 5.74) is 2.64. The van der Waals surface area contributed by atoms with Crippen molar-refractivity contribution in [2.75, 3.05) is 0 Å². The Bertz CT molecular complexity index is 543. The van der Waals surface area contributed by atoms with Crippen LogP contribution in [-0.2, 0) is 0 Å². The minimum Gasteiger partial charge on any atom is -0.326 e. The number of hydrogen-bond acceptors (Lipinski definition) is 3. The van der Waals surface area contributed by atoms with E-state index in [4.69, 9.17) is 11.6 Å². The predicted octanol–water partition coefficient (Wildman–Crippen LogP) is 2.57. The van der Waals surface area contributed by atoms with Gasteiger partial charge in [0, 0.05) is 0 Å². The maximum absolute atomic E-state index is 5.75. The van der Waals surface area contributed by atoms with Crippen molar-refractivity contribution in [3.63, 3.8) is 0 Å². The highest BCUT2D eigenvalue weighted by atomic mass is 35.5. The van der Waals surface area contributed by atoms with Crippen LogP contribution in [0.1, 0.15) is 25.1 Å². The number of halogens is 1. The molecule has 0 saturated carbocycles. The zero-order valence-corrected chi connectivity index (χ0v) is 8.75. The van der Waals surface area contributed by atoms with E-state index < -0.39 is 0 Å². The molecule has 4 nitrogen and oxygen atoms in total. The zero-order chi connectivity index (χ0) is 10.3. The van der Waals surface area contributed by atoms with E-state index in [9.17, 15) is 0 Å². The van der Waals surface area contributed by atoms with E-state index >= 15 is 0 Å². The van der Waals surface area contributed by atoms with Gasteiger partial charge in [-0.1, -0.05) is 6.08 Å². The maximum Gasteiger partial charge on any atom is 0.202 e. The Balaban J connectivity index is 2.12. The van der Waals surface area contributed by atoms with Gasteiger partial charge < -0.3 is 4.98 Å². The van der Waals surface area contributed by atoms with Gasteiger partial charge in [-0.3, -0.25) is 0 Å². The first-order valence-electron chi connectivity index (χ1n) is 4.90. The van der Waals surface area contributed by atoms with E-state index in [1.807, 2.05) is 0 Å². The number of aromatic amines is 1. The largest absolute Gasteiger partial charge is 0.326 e. The first-order valence-corrected chi connectivity index (χ1v) is 5.28. The fraction of sp³-hybridized carbons (Fsp3) is 0.300. The van der Waals surface area contributed by atoms with E-state index in [1.54, 1.807) is 6.20 Å². The molecule has 0 atom stereocenters. The van der Waals surface area contributed by atoms with E-state index in [0.29, 0.717) is 10.9 Å². The van der Waals surface area contributed by atoms with Gasteiger partial charge in [0.25, 0.3) is 0 Å². The molecule has 0 radical (unpaired) electrons. The van der Waals surface area contributed by atoms with Gasteiger partial charge in [0.15, 0.2) is 11.5 Å². The Morgan fingerprint density at radius 3 is 3.07 bits per heavy atom. The summed E-state index contributed by atoms with van der Waals surface area (Å²) in [5.74, 6) is 0.781. The third-order valence-electron chi connectivity index (χ3n) is 2.54. The van der Waals surface area contributed by atoms with Crippen LogP contribution in [0.25, 0.3) is 16.7 Å². The summed E-state index contributed by atoms with van der Waals surface area (Å²) < 4.78 is 0. The van der Waals surface area contributed by atoms with Crippen LogP contribution in [0, 0.1) is 0 Å². The molecule has 0 aromatic carbocycles. The minimum absolute atomic E-state index is 0.358. The maximum atomic E-state index is 5.75. The minimum atomic E-state index is 0.358. The Morgan fingerprint density at radius 2 is 2.27 bits per heavy atom. The second kappa shape index (κ2) is 3.31. The molecule has 0 aliphatic heterocycles. The standard InChI is InChI=1S/C10H9ClN4/c11-10-13-7-5-12-8(14-9(7)15-10)6-3-1-2-4-6/h3,5H,1-2,4H2,(H,12,13,14,15). The highest BCUT2D eigenvalue weighted by Gasteiger charge is 2.11. The van der Waals surface area contributed by atoms with Crippen LogP contribution in [0.4, 0.5) is 0 Å². The first-order chi connectivity index (χ1) is 7.33. The Morgan fingerprint density at radius 1 is 1.33 bits per heavy atom. The Labute approximate surface area is 91.4 Å². The number of hydrogen-bond donors (Lipinski definition) is 1. The predicted molar refractivity (Wildman–Crippen MR) is 58.5 cm³/mol. The topological polar surface area (TPSA) is 54.5 Å². The molecule has 1 aliphatic rings. The summed E-state index contributed by atoms with van der Waals surface area (Å²) in [6.45, 7) is 0. The molecule has 0 fully saturated rings. The second-order valence-corrected chi connectivity index (χ2v) is 3.94. The quantitative estimate of drug-likeness (QED) is 0.752. The van der Waals surface area contributed by atoms with Crippen LogP contribution in [0.5, 0.6) is 0 Å². The van der Waals surface area contributed by atoms with E-state index in [-0.39, 0.29) is 0 Å². The molecular weight excluding hydrogens is 212 g/mol. The molecule has 0 spiro atoms. The van der Waals surface area contributed by atoms with Crippen LogP contribution in [0.15, 0.2) is 12.3 Å². The summed E-state index contributed by atoms with van der Waals surface area (Å²) in [6.07, 6.45) is 7.30. The smallest absolute Gasteiger partial charge is 0.202 e. The molecule has 15 heavy (non-hydrogen) atoms. The average Bonchev–Trinajstić information content (AvgIpc) is 2.82. The third kappa shape index (κ3) is 1.51. The molecule has 2 aromatic heterocycles. The summed E-state index contributed by atoms with van der Waals surface area (Å²) in [4.78, 5) is 15.6. The molecule has 2 aromatic rings. The number of H-pyrrole nitrogens is 1. The zero-order valence-electron chi connectivity index (χ0n) is 8.00. The second-order valence-electron chi connectivity index (χ2n) is 3.58. The fourth-order valence-electron chi connectivity index (χ4n) is 1.81. The van der Waals surface area contributed by atoms with Crippen molar-refractivity contribution >= 4 is 28.3 Å². The lowest BCUT2D eigenvalue weighted by Crippen LogP contribution is -1.92. The molecule has 1 N–H and O–H groups in total. The number of fused-ring (bicyclic) bond motifs is 1. The van der Waals surface area contributed by atoms with Gasteiger partial charge >= 0.3 is 0 Å². The van der Waals surface area contributed by atoms with Crippen molar-refractivity contribution in [3.05, 3.63) is 23.4 Å². The number of allylic oxidation sites excluding steroid dienone is 2. The molecule has 0 bridgehead atoms. The summed E-state index contributed by atoms with van der Waals surface area (Å²) in [5, 5.41) is 0.358. The molecule has 1 aliphatic carbocycles. The molecule has 5 heteroatoms. The number of aromatic nitrogens is 4. The van der Waals surface area contributed by atoms with Gasteiger partial charge in [-0.2, -0.15) is 4.98 Å². The van der Waals surface area contributed by atoms with Crippen molar-refractivity contribution in [1.82, 2.24) is 19.9 Å². The van der Waals surface area contributed by atoms with Crippen molar-refractivity contribution in [2.24, 2.45) is 0 Å². The average molecular weight is 221 g/mol. The van der Waals surface area contributed by atoms with Crippen LogP contribution >= 0.6 is 11.6 Å². The van der Waals surface area contributed by atoms with Crippen molar-refractivity contribution < 1.29 is 0 Å². The van der Waals surface area contributed by atoms with E-state index in [2.05, 4.69) is 26.0 Å². The normalized spacial score (nSPS) is 15.9. The monoisotopic (exact) mass is 220 g/mol. The van der Waals surface area contributed by atoms with Crippen LogP contribution in [0.2, 0.25) is 5.28 Å². The molecule has 2 heterocycles. The first kappa shape index (κ1) is 8.85. The summed E-state index contributed by atoms with van der Waals surface area (Å²) in [7, 11) is 0. The van der Waals surface area contributed by atoms with Crippen LogP contribution < -0.4 is 0 Å². The molecule has 0 unspecified atom stereocenters. The van der Waals surface area contributed by atoms with Crippen molar-refractivity contribution in [1.29, 1.82) is 0 Å².